The summed E-state index contributed by atoms with van der Waals surface area (Å²) in [4.78, 5) is 24.7. The lowest BCUT2D eigenvalue weighted by Crippen LogP contribution is -2.31. The van der Waals surface area contributed by atoms with Crippen molar-refractivity contribution in [1.29, 1.82) is 0 Å². The van der Waals surface area contributed by atoms with Crippen LogP contribution in [0.15, 0.2) is 41.8 Å². The molecule has 4 nitrogen and oxygen atoms in total. The van der Waals surface area contributed by atoms with Gasteiger partial charge in [-0.1, -0.05) is 29.8 Å². The molecule has 2 rings (SSSR count). The molecule has 128 valence electrons. The molecule has 1 heterocycles. The van der Waals surface area contributed by atoms with E-state index in [-0.39, 0.29) is 30.3 Å². The molecule has 0 radical (unpaired) electrons. The van der Waals surface area contributed by atoms with Crippen LogP contribution in [0.5, 0.6) is 0 Å². The van der Waals surface area contributed by atoms with Crippen LogP contribution < -0.4 is 5.32 Å². The van der Waals surface area contributed by atoms with Crippen LogP contribution in [-0.4, -0.2) is 24.2 Å². The molecule has 0 aliphatic rings. The van der Waals surface area contributed by atoms with Crippen LogP contribution >= 0.6 is 34.7 Å². The Kier molecular flexibility index (Phi) is 7.62. The Morgan fingerprint density at radius 2 is 2.17 bits per heavy atom. The molecule has 24 heavy (non-hydrogen) atoms. The van der Waals surface area contributed by atoms with Crippen LogP contribution in [0, 0.1) is 0 Å². The van der Waals surface area contributed by atoms with Gasteiger partial charge in [-0.2, -0.15) is 0 Å². The summed E-state index contributed by atoms with van der Waals surface area (Å²) in [6.07, 6.45) is 0. The Morgan fingerprint density at radius 3 is 2.88 bits per heavy atom. The van der Waals surface area contributed by atoms with Crippen molar-refractivity contribution in [1.82, 2.24) is 5.32 Å². The first-order chi connectivity index (χ1) is 11.5. The summed E-state index contributed by atoms with van der Waals surface area (Å²) in [7, 11) is 0. The Morgan fingerprint density at radius 1 is 1.33 bits per heavy atom. The summed E-state index contributed by atoms with van der Waals surface area (Å²) < 4.78 is 4.99. The zero-order valence-corrected chi connectivity index (χ0v) is 15.5. The van der Waals surface area contributed by atoms with Gasteiger partial charge in [-0.15, -0.1) is 23.1 Å². The number of carbonyl (C=O) groups excluding carboxylic acids is 2. The number of rotatable bonds is 8. The number of nitrogens with one attached hydrogen (secondary N) is 1. The van der Waals surface area contributed by atoms with Crippen molar-refractivity contribution in [2.75, 3.05) is 12.4 Å². The molecule has 1 N–H and O–H groups in total. The molecule has 0 spiro atoms. The Balaban J connectivity index is 1.65. The van der Waals surface area contributed by atoms with Gasteiger partial charge < -0.3 is 10.1 Å². The lowest BCUT2D eigenvalue weighted by molar-refractivity contribution is -0.146. The number of esters is 1. The van der Waals surface area contributed by atoms with Gasteiger partial charge in [0.1, 0.15) is 0 Å². The number of ether oxygens (including phenoxy) is 1. The maximum absolute atomic E-state index is 11.9. The predicted octanol–water partition coefficient (Wildman–Crippen LogP) is 4.06. The predicted molar refractivity (Wildman–Crippen MR) is 99.4 cm³/mol. The molecule has 2 aromatic rings. The minimum Gasteiger partial charge on any atom is -0.455 e. The highest BCUT2D eigenvalue weighted by atomic mass is 35.5. The van der Waals surface area contributed by atoms with Crippen LogP contribution in [0.2, 0.25) is 5.02 Å². The first-order valence-corrected chi connectivity index (χ1v) is 9.76. The summed E-state index contributed by atoms with van der Waals surface area (Å²) in [5.74, 6) is 0.279. The average Bonchev–Trinajstić information content (AvgIpc) is 3.06. The third kappa shape index (κ3) is 6.55. The van der Waals surface area contributed by atoms with Crippen LogP contribution in [0.4, 0.5) is 0 Å². The van der Waals surface area contributed by atoms with Crippen molar-refractivity contribution in [3.63, 3.8) is 0 Å². The van der Waals surface area contributed by atoms with Gasteiger partial charge in [0.2, 0.25) is 0 Å². The van der Waals surface area contributed by atoms with E-state index in [1.54, 1.807) is 23.5 Å². The van der Waals surface area contributed by atoms with Crippen molar-refractivity contribution in [3.05, 3.63) is 57.2 Å². The van der Waals surface area contributed by atoms with Gasteiger partial charge in [0.25, 0.3) is 5.91 Å². The van der Waals surface area contributed by atoms with Crippen LogP contribution in [0.3, 0.4) is 0 Å². The Labute approximate surface area is 154 Å². The minimum absolute atomic E-state index is 0.205. The van der Waals surface area contributed by atoms with Crippen molar-refractivity contribution < 1.29 is 14.3 Å². The standard InChI is InChI=1S/C17H18ClNO3S2/c1-12(13-4-2-5-14(18)8-13)19-16(20)9-22-17(21)11-23-10-15-6-3-7-24-15/h2-8,12H,9-11H2,1H3,(H,19,20)/t12-/m0/s1. The number of benzene rings is 1. The normalized spacial score (nSPS) is 11.8. The van der Waals surface area contributed by atoms with Crippen molar-refractivity contribution in [2.24, 2.45) is 0 Å². The van der Waals surface area contributed by atoms with Gasteiger partial charge in [-0.3, -0.25) is 9.59 Å². The molecule has 0 unspecified atom stereocenters. The lowest BCUT2D eigenvalue weighted by Gasteiger charge is -2.14. The minimum atomic E-state index is -0.387. The highest BCUT2D eigenvalue weighted by Gasteiger charge is 2.12. The van der Waals surface area contributed by atoms with E-state index in [9.17, 15) is 9.59 Å². The first-order valence-electron chi connectivity index (χ1n) is 7.35. The highest BCUT2D eigenvalue weighted by molar-refractivity contribution is 7.99. The van der Waals surface area contributed by atoms with E-state index in [4.69, 9.17) is 16.3 Å². The number of halogens is 1. The molecule has 0 aliphatic carbocycles. The summed E-state index contributed by atoms with van der Waals surface area (Å²) >= 11 is 9.05. The van der Waals surface area contributed by atoms with Crippen molar-refractivity contribution in [3.8, 4) is 0 Å². The molecular formula is C17H18ClNO3S2. The summed E-state index contributed by atoms with van der Waals surface area (Å²) in [6.45, 7) is 1.57. The molecule has 1 aromatic heterocycles. The fraction of sp³-hybridized carbons (Fsp3) is 0.294. The number of thiophene rings is 1. The van der Waals surface area contributed by atoms with Crippen LogP contribution in [0.25, 0.3) is 0 Å². The summed E-state index contributed by atoms with van der Waals surface area (Å²) in [5.41, 5.74) is 0.897. The fourth-order valence-electron chi connectivity index (χ4n) is 1.96. The number of carbonyl (C=O) groups is 2. The van der Waals surface area contributed by atoms with Gasteiger partial charge in [0.05, 0.1) is 11.8 Å². The molecule has 0 fully saturated rings. The molecule has 0 saturated carbocycles. The molecule has 1 amide bonds. The molecular weight excluding hydrogens is 366 g/mol. The SMILES string of the molecule is C[C@H](NC(=O)COC(=O)CSCc1cccs1)c1cccc(Cl)c1. The number of hydrogen-bond acceptors (Lipinski definition) is 5. The number of hydrogen-bond donors (Lipinski definition) is 1. The number of thioether (sulfide) groups is 1. The zero-order chi connectivity index (χ0) is 17.4. The largest absolute Gasteiger partial charge is 0.455 e. The van der Waals surface area contributed by atoms with E-state index in [0.29, 0.717) is 5.02 Å². The van der Waals surface area contributed by atoms with E-state index in [1.807, 2.05) is 36.6 Å². The molecule has 0 saturated heterocycles. The van der Waals surface area contributed by atoms with Gasteiger partial charge in [0.15, 0.2) is 6.61 Å². The Bertz CT molecular complexity index is 676. The van der Waals surface area contributed by atoms with Crippen LogP contribution in [0.1, 0.15) is 23.4 Å². The summed E-state index contributed by atoms with van der Waals surface area (Å²) in [5, 5.41) is 5.39. The number of amides is 1. The van der Waals surface area contributed by atoms with Crippen LogP contribution in [-0.2, 0) is 20.1 Å². The van der Waals surface area contributed by atoms with Crippen molar-refractivity contribution in [2.45, 2.75) is 18.7 Å². The highest BCUT2D eigenvalue weighted by Crippen LogP contribution is 2.18. The van der Waals surface area contributed by atoms with Gasteiger partial charge in [-0.05, 0) is 36.1 Å². The second kappa shape index (κ2) is 9.71. The molecule has 1 aromatic carbocycles. The fourth-order valence-corrected chi connectivity index (χ4v) is 3.82. The van der Waals surface area contributed by atoms with E-state index in [1.165, 1.54) is 16.6 Å². The second-order valence-electron chi connectivity index (χ2n) is 5.08. The van der Waals surface area contributed by atoms with Gasteiger partial charge >= 0.3 is 5.97 Å². The molecule has 0 aliphatic heterocycles. The lowest BCUT2D eigenvalue weighted by atomic mass is 10.1. The molecule has 1 atom stereocenters. The average molecular weight is 384 g/mol. The zero-order valence-electron chi connectivity index (χ0n) is 13.2. The quantitative estimate of drug-likeness (QED) is 0.698. The second-order valence-corrected chi connectivity index (χ2v) is 7.53. The molecule has 0 bridgehead atoms. The first kappa shape index (κ1) is 18.8. The monoisotopic (exact) mass is 383 g/mol. The molecule has 7 heteroatoms. The van der Waals surface area contributed by atoms with E-state index >= 15 is 0 Å². The topological polar surface area (TPSA) is 55.4 Å². The van der Waals surface area contributed by atoms with Gasteiger partial charge in [-0.25, -0.2) is 0 Å². The van der Waals surface area contributed by atoms with E-state index in [2.05, 4.69) is 5.32 Å². The maximum Gasteiger partial charge on any atom is 0.316 e. The van der Waals surface area contributed by atoms with Gasteiger partial charge in [0, 0.05) is 15.7 Å². The maximum atomic E-state index is 11.9. The third-order valence-corrected chi connectivity index (χ3v) is 5.38. The smallest absolute Gasteiger partial charge is 0.316 e. The van der Waals surface area contributed by atoms with Crippen molar-refractivity contribution >= 4 is 46.6 Å². The van der Waals surface area contributed by atoms with E-state index < -0.39 is 0 Å². The van der Waals surface area contributed by atoms with E-state index in [0.717, 1.165) is 11.3 Å². The Hall–Kier alpha value is -1.50. The third-order valence-electron chi connectivity index (χ3n) is 3.13. The summed E-state index contributed by atoms with van der Waals surface area (Å²) in [6, 6.07) is 11.1.